The molecular formula is C32H34F2N4O7S. The summed E-state index contributed by atoms with van der Waals surface area (Å²) in [5.74, 6) is -3.86. The molecule has 4 N–H and O–H groups in total. The van der Waals surface area contributed by atoms with E-state index in [0.717, 1.165) is 11.1 Å². The smallest absolute Gasteiger partial charge is 0.321 e. The van der Waals surface area contributed by atoms with Gasteiger partial charge in [-0.3, -0.25) is 18.7 Å². The van der Waals surface area contributed by atoms with Crippen LogP contribution in [0.4, 0.5) is 8.78 Å². The summed E-state index contributed by atoms with van der Waals surface area (Å²) >= 11 is 0. The lowest BCUT2D eigenvalue weighted by molar-refractivity contribution is -0.144. The highest BCUT2D eigenvalue weighted by Gasteiger charge is 2.35. The average molecular weight is 657 g/mol. The van der Waals surface area contributed by atoms with Gasteiger partial charge in [0.2, 0.25) is 0 Å². The summed E-state index contributed by atoms with van der Waals surface area (Å²) in [6.07, 6.45) is 1.30. The van der Waals surface area contributed by atoms with Crippen LogP contribution in [0.1, 0.15) is 47.9 Å². The Labute approximate surface area is 265 Å². The maximum absolute atomic E-state index is 13.8. The lowest BCUT2D eigenvalue weighted by Crippen LogP contribution is -2.46. The van der Waals surface area contributed by atoms with Crippen LogP contribution in [0.5, 0.6) is 11.5 Å². The molecule has 14 heteroatoms. The third-order valence-electron chi connectivity index (χ3n) is 7.94. The van der Waals surface area contributed by atoms with Gasteiger partial charge in [-0.25, -0.2) is 4.68 Å². The maximum atomic E-state index is 13.8. The van der Waals surface area contributed by atoms with Gasteiger partial charge < -0.3 is 24.8 Å². The van der Waals surface area contributed by atoms with Crippen LogP contribution >= 0.6 is 10.6 Å². The molecule has 244 valence electrons. The first-order valence-electron chi connectivity index (χ1n) is 14.7. The molecule has 4 aromatic rings. The van der Waals surface area contributed by atoms with Crippen LogP contribution < -0.4 is 20.1 Å². The highest BCUT2D eigenvalue weighted by atomic mass is 32.3. The number of alkyl halides is 2. The number of rotatable bonds is 9. The predicted octanol–water partition coefficient (Wildman–Crippen LogP) is 5.42. The summed E-state index contributed by atoms with van der Waals surface area (Å²) < 4.78 is 66.3. The standard InChI is InChI=1S/C32H34F2N4O7S/c1-19(36-31(40)32(2,33)34)29(20-6-7-22-16-43-18-44-28(22)14-20)45-26-8-9-27-23(13-26)15-35-38(27)25-5-3-4-21(12-25)30(39)37-24-10-11-46(41,42)17-24/h3-9,12-15,19,24,29,41-42H,10-11,16-18H2,1-2H3,(H,36,40)(H,37,39)/t19-,24+,29-/m0/s1. The van der Waals surface area contributed by atoms with Gasteiger partial charge in [-0.2, -0.15) is 24.5 Å². The van der Waals surface area contributed by atoms with Crippen molar-refractivity contribution in [1.29, 1.82) is 0 Å². The molecule has 0 radical (unpaired) electrons. The number of halogens is 2. The molecule has 1 saturated heterocycles. The van der Waals surface area contributed by atoms with Crippen molar-refractivity contribution < 1.29 is 41.7 Å². The Morgan fingerprint density at radius 2 is 1.98 bits per heavy atom. The first-order valence-corrected chi connectivity index (χ1v) is 16.6. The van der Waals surface area contributed by atoms with E-state index < -0.39 is 34.6 Å². The van der Waals surface area contributed by atoms with Crippen molar-refractivity contribution in [2.45, 2.75) is 51.0 Å². The van der Waals surface area contributed by atoms with E-state index >= 15 is 0 Å². The highest BCUT2D eigenvalue weighted by molar-refractivity contribution is 8.24. The number of carbonyl (C=O) groups is 2. The summed E-state index contributed by atoms with van der Waals surface area (Å²) in [5, 5.41) is 10.5. The summed E-state index contributed by atoms with van der Waals surface area (Å²) in [4.78, 5) is 25.1. The van der Waals surface area contributed by atoms with E-state index in [4.69, 9.17) is 14.2 Å². The third-order valence-corrected chi connectivity index (χ3v) is 9.76. The van der Waals surface area contributed by atoms with Crippen LogP contribution in [0.25, 0.3) is 16.6 Å². The number of nitrogens with zero attached hydrogens (tertiary/aromatic N) is 2. The molecule has 2 aliphatic rings. The molecule has 3 atom stereocenters. The topological polar surface area (TPSA) is 144 Å². The number of amides is 2. The molecule has 3 aromatic carbocycles. The largest absolute Gasteiger partial charge is 0.484 e. The van der Waals surface area contributed by atoms with Crippen molar-refractivity contribution in [2.75, 3.05) is 18.3 Å². The minimum atomic E-state index is -3.57. The van der Waals surface area contributed by atoms with Crippen LogP contribution in [-0.4, -0.2) is 67.0 Å². The zero-order valence-electron chi connectivity index (χ0n) is 25.1. The fourth-order valence-electron chi connectivity index (χ4n) is 5.54. The van der Waals surface area contributed by atoms with Gasteiger partial charge in [-0.15, -0.1) is 0 Å². The summed E-state index contributed by atoms with van der Waals surface area (Å²) in [5.41, 5.74) is 3.21. The van der Waals surface area contributed by atoms with E-state index in [-0.39, 0.29) is 30.2 Å². The van der Waals surface area contributed by atoms with Crippen LogP contribution in [-0.2, 0) is 16.1 Å². The van der Waals surface area contributed by atoms with Gasteiger partial charge in [0.05, 0.1) is 35.8 Å². The quantitative estimate of drug-likeness (QED) is 0.187. The van der Waals surface area contributed by atoms with Crippen molar-refractivity contribution in [3.8, 4) is 17.2 Å². The Kier molecular flexibility index (Phi) is 8.63. The van der Waals surface area contributed by atoms with Crippen molar-refractivity contribution >= 4 is 33.3 Å². The second-order valence-corrected chi connectivity index (χ2v) is 14.0. The molecule has 11 nitrogen and oxygen atoms in total. The first-order chi connectivity index (χ1) is 21.9. The van der Waals surface area contributed by atoms with Gasteiger partial charge >= 0.3 is 5.92 Å². The average Bonchev–Trinajstić information content (AvgIpc) is 3.60. The Morgan fingerprint density at radius 1 is 1.15 bits per heavy atom. The molecule has 6 rings (SSSR count). The van der Waals surface area contributed by atoms with Gasteiger partial charge in [0.25, 0.3) is 11.8 Å². The molecule has 0 aliphatic carbocycles. The Hall–Kier alpha value is -4.24. The lowest BCUT2D eigenvalue weighted by atomic mass is 10.00. The van der Waals surface area contributed by atoms with E-state index in [1.165, 1.54) is 0 Å². The number of carbonyl (C=O) groups excluding carboxylic acids is 2. The number of hydrogen-bond acceptors (Lipinski definition) is 8. The molecule has 0 bridgehead atoms. The maximum Gasteiger partial charge on any atom is 0.321 e. The van der Waals surface area contributed by atoms with E-state index in [0.29, 0.717) is 53.7 Å². The molecule has 0 unspecified atom stereocenters. The van der Waals surface area contributed by atoms with E-state index in [2.05, 4.69) is 15.7 Å². The Balaban J connectivity index is 1.24. The number of aromatic nitrogens is 2. The van der Waals surface area contributed by atoms with Gasteiger partial charge in [-0.1, -0.05) is 18.2 Å². The monoisotopic (exact) mass is 656 g/mol. The second-order valence-electron chi connectivity index (χ2n) is 11.6. The summed E-state index contributed by atoms with van der Waals surface area (Å²) in [6.45, 7) is 2.59. The normalized spacial score (nSPS) is 19.4. The first kappa shape index (κ1) is 31.7. The van der Waals surface area contributed by atoms with Crippen LogP contribution in [0.3, 0.4) is 0 Å². The molecule has 1 aromatic heterocycles. The number of ether oxygens (including phenoxy) is 3. The van der Waals surface area contributed by atoms with E-state index in [1.807, 2.05) is 12.1 Å². The molecule has 0 spiro atoms. The summed E-state index contributed by atoms with van der Waals surface area (Å²) in [7, 11) is -2.64. The van der Waals surface area contributed by atoms with Crippen LogP contribution in [0.2, 0.25) is 0 Å². The lowest BCUT2D eigenvalue weighted by Gasteiger charge is -2.28. The van der Waals surface area contributed by atoms with Gasteiger partial charge in [-0.05, 0) is 61.4 Å². The van der Waals surface area contributed by atoms with E-state index in [9.17, 15) is 27.5 Å². The zero-order valence-corrected chi connectivity index (χ0v) is 25.9. The fourth-order valence-corrected chi connectivity index (χ4v) is 7.27. The molecule has 46 heavy (non-hydrogen) atoms. The Bertz CT molecular complexity index is 1780. The number of hydrogen-bond donors (Lipinski definition) is 4. The van der Waals surface area contributed by atoms with Crippen molar-refractivity contribution in [2.24, 2.45) is 0 Å². The van der Waals surface area contributed by atoms with Gasteiger partial charge in [0.15, 0.2) is 6.79 Å². The molecule has 0 saturated carbocycles. The predicted molar refractivity (Wildman–Crippen MR) is 168 cm³/mol. The molecule has 3 heterocycles. The second kappa shape index (κ2) is 12.5. The van der Waals surface area contributed by atoms with Crippen molar-refractivity contribution in [3.63, 3.8) is 0 Å². The molecule has 1 fully saturated rings. The number of nitrogens with one attached hydrogen (secondary N) is 2. The van der Waals surface area contributed by atoms with Crippen molar-refractivity contribution in [3.05, 3.63) is 83.6 Å². The van der Waals surface area contributed by atoms with Gasteiger partial charge in [0, 0.05) is 35.2 Å². The number of benzene rings is 3. The molecule has 2 amide bonds. The van der Waals surface area contributed by atoms with Crippen molar-refractivity contribution in [1.82, 2.24) is 20.4 Å². The molecular weight excluding hydrogens is 622 g/mol. The van der Waals surface area contributed by atoms with Gasteiger partial charge in [0.1, 0.15) is 17.6 Å². The van der Waals surface area contributed by atoms with Crippen LogP contribution in [0.15, 0.2) is 66.9 Å². The number of fused-ring (bicyclic) bond motifs is 2. The third kappa shape index (κ3) is 6.94. The highest BCUT2D eigenvalue weighted by Crippen LogP contribution is 2.45. The fraction of sp³-hybridized carbons (Fsp3) is 0.344. The van der Waals surface area contributed by atoms with Crippen LogP contribution in [0, 0.1) is 0 Å². The SMILES string of the molecule is C[C@H](NC(=O)C(C)(F)F)[C@H](Oc1ccc2c(cnn2-c2cccc(C(=O)N[C@@H]3CCS(O)(O)C3)c2)c1)c1ccc2c(c1)OCOC2. The summed E-state index contributed by atoms with van der Waals surface area (Å²) in [6, 6.07) is 16.4. The zero-order chi connectivity index (χ0) is 32.6. The van der Waals surface area contributed by atoms with E-state index in [1.54, 1.807) is 66.3 Å². The Morgan fingerprint density at radius 3 is 2.74 bits per heavy atom. The minimum Gasteiger partial charge on any atom is -0.484 e. The minimum absolute atomic E-state index is 0.0833. The molecule has 2 aliphatic heterocycles.